The average Bonchev–Trinajstić information content (AvgIpc) is 2.83. The maximum atomic E-state index is 12.9. The van der Waals surface area contributed by atoms with Gasteiger partial charge in [-0.05, 0) is 45.0 Å². The van der Waals surface area contributed by atoms with E-state index < -0.39 is 0 Å². The van der Waals surface area contributed by atoms with Gasteiger partial charge < -0.3 is 5.32 Å². The molecule has 2 aromatic heterocycles. The number of nitrogens with zero attached hydrogens (tertiary/aromatic N) is 2. The molecule has 1 aliphatic heterocycles. The summed E-state index contributed by atoms with van der Waals surface area (Å²) >= 11 is 1.75. The second-order valence-corrected chi connectivity index (χ2v) is 6.08. The van der Waals surface area contributed by atoms with Gasteiger partial charge in [0.15, 0.2) is 0 Å². The van der Waals surface area contributed by atoms with Crippen molar-refractivity contribution in [3.05, 3.63) is 34.0 Å². The molecule has 0 atom stereocenters. The van der Waals surface area contributed by atoms with E-state index in [-0.39, 0.29) is 5.82 Å². The highest BCUT2D eigenvalue weighted by Crippen LogP contribution is 2.33. The standard InChI is InChI=1S/C14H16FN3S/c1-9-13(12-3-2-11(15)8-17-12)18-14(19-9)10-4-6-16-7-5-10/h2-3,8,10,16H,4-7H2,1H3. The van der Waals surface area contributed by atoms with Crippen LogP contribution in [-0.2, 0) is 0 Å². The van der Waals surface area contributed by atoms with Crippen LogP contribution in [0, 0.1) is 12.7 Å². The highest BCUT2D eigenvalue weighted by Gasteiger charge is 2.20. The predicted molar refractivity (Wildman–Crippen MR) is 74.9 cm³/mol. The molecule has 0 radical (unpaired) electrons. The number of halogens is 1. The van der Waals surface area contributed by atoms with Crippen molar-refractivity contribution in [1.82, 2.24) is 15.3 Å². The molecule has 1 N–H and O–H groups in total. The Labute approximate surface area is 115 Å². The molecule has 0 unspecified atom stereocenters. The summed E-state index contributed by atoms with van der Waals surface area (Å²) < 4.78 is 12.9. The molecular formula is C14H16FN3S. The SMILES string of the molecule is Cc1sc(C2CCNCC2)nc1-c1ccc(F)cn1. The van der Waals surface area contributed by atoms with Gasteiger partial charge in [-0.3, -0.25) is 4.98 Å². The third kappa shape index (κ3) is 2.67. The van der Waals surface area contributed by atoms with Crippen molar-refractivity contribution in [3.8, 4) is 11.4 Å². The van der Waals surface area contributed by atoms with Crippen molar-refractivity contribution in [1.29, 1.82) is 0 Å². The van der Waals surface area contributed by atoms with Crippen molar-refractivity contribution in [3.63, 3.8) is 0 Å². The van der Waals surface area contributed by atoms with Gasteiger partial charge in [0, 0.05) is 10.8 Å². The van der Waals surface area contributed by atoms with Crippen LogP contribution in [-0.4, -0.2) is 23.1 Å². The monoisotopic (exact) mass is 277 g/mol. The van der Waals surface area contributed by atoms with Gasteiger partial charge in [0.05, 0.1) is 16.9 Å². The summed E-state index contributed by atoms with van der Waals surface area (Å²) in [5, 5.41) is 4.56. The first kappa shape index (κ1) is 12.7. The lowest BCUT2D eigenvalue weighted by molar-refractivity contribution is 0.459. The molecule has 0 saturated carbocycles. The molecule has 1 aliphatic rings. The Morgan fingerprint density at radius 3 is 2.79 bits per heavy atom. The topological polar surface area (TPSA) is 37.8 Å². The summed E-state index contributed by atoms with van der Waals surface area (Å²) in [7, 11) is 0. The van der Waals surface area contributed by atoms with Crippen LogP contribution in [0.25, 0.3) is 11.4 Å². The molecule has 1 saturated heterocycles. The van der Waals surface area contributed by atoms with Gasteiger partial charge in [-0.15, -0.1) is 11.3 Å². The van der Waals surface area contributed by atoms with Crippen molar-refractivity contribution in [2.75, 3.05) is 13.1 Å². The summed E-state index contributed by atoms with van der Waals surface area (Å²) in [5.41, 5.74) is 1.66. The zero-order valence-electron chi connectivity index (χ0n) is 10.8. The Balaban J connectivity index is 1.90. The van der Waals surface area contributed by atoms with E-state index in [2.05, 4.69) is 17.2 Å². The van der Waals surface area contributed by atoms with E-state index in [1.54, 1.807) is 17.4 Å². The zero-order chi connectivity index (χ0) is 13.2. The van der Waals surface area contributed by atoms with Gasteiger partial charge in [-0.1, -0.05) is 0 Å². The van der Waals surface area contributed by atoms with Crippen molar-refractivity contribution >= 4 is 11.3 Å². The molecule has 100 valence electrons. The van der Waals surface area contributed by atoms with E-state index in [4.69, 9.17) is 4.98 Å². The van der Waals surface area contributed by atoms with Crippen LogP contribution in [0.3, 0.4) is 0 Å². The molecule has 19 heavy (non-hydrogen) atoms. The fraction of sp³-hybridized carbons (Fsp3) is 0.429. The largest absolute Gasteiger partial charge is 0.317 e. The quantitative estimate of drug-likeness (QED) is 0.916. The molecule has 0 spiro atoms. The molecule has 0 aromatic carbocycles. The van der Waals surface area contributed by atoms with E-state index in [1.807, 2.05) is 0 Å². The van der Waals surface area contributed by atoms with Crippen molar-refractivity contribution in [2.45, 2.75) is 25.7 Å². The van der Waals surface area contributed by atoms with Crippen LogP contribution < -0.4 is 5.32 Å². The minimum atomic E-state index is -0.310. The average molecular weight is 277 g/mol. The summed E-state index contributed by atoms with van der Waals surface area (Å²) in [4.78, 5) is 10.0. The van der Waals surface area contributed by atoms with Crippen LogP contribution in [0.4, 0.5) is 4.39 Å². The number of rotatable bonds is 2. The number of aryl methyl sites for hydroxylation is 1. The summed E-state index contributed by atoms with van der Waals surface area (Å²) in [6.07, 6.45) is 3.53. The van der Waals surface area contributed by atoms with Gasteiger partial charge in [0.2, 0.25) is 0 Å². The lowest BCUT2D eigenvalue weighted by atomic mass is 9.99. The molecule has 5 heteroatoms. The van der Waals surface area contributed by atoms with Gasteiger partial charge >= 0.3 is 0 Å². The molecule has 3 heterocycles. The Morgan fingerprint density at radius 1 is 1.32 bits per heavy atom. The molecule has 3 rings (SSSR count). The first-order valence-electron chi connectivity index (χ1n) is 6.54. The Morgan fingerprint density at radius 2 is 2.11 bits per heavy atom. The second-order valence-electron chi connectivity index (χ2n) is 4.84. The number of piperidine rings is 1. The lowest BCUT2D eigenvalue weighted by Crippen LogP contribution is -2.26. The predicted octanol–water partition coefficient (Wildman–Crippen LogP) is 3.12. The lowest BCUT2D eigenvalue weighted by Gasteiger charge is -2.20. The van der Waals surface area contributed by atoms with Crippen LogP contribution in [0.1, 0.15) is 28.6 Å². The second kappa shape index (κ2) is 5.35. The highest BCUT2D eigenvalue weighted by molar-refractivity contribution is 7.12. The van der Waals surface area contributed by atoms with Crippen LogP contribution in [0.2, 0.25) is 0 Å². The molecule has 0 aliphatic carbocycles. The molecule has 3 nitrogen and oxygen atoms in total. The number of nitrogens with one attached hydrogen (secondary N) is 1. The Kier molecular flexibility index (Phi) is 3.57. The van der Waals surface area contributed by atoms with Crippen LogP contribution in [0.5, 0.6) is 0 Å². The van der Waals surface area contributed by atoms with E-state index in [9.17, 15) is 4.39 Å². The molecule has 1 fully saturated rings. The number of hydrogen-bond acceptors (Lipinski definition) is 4. The fourth-order valence-electron chi connectivity index (χ4n) is 2.41. The first-order valence-corrected chi connectivity index (χ1v) is 7.35. The maximum Gasteiger partial charge on any atom is 0.141 e. The Hall–Kier alpha value is -1.33. The smallest absolute Gasteiger partial charge is 0.141 e. The van der Waals surface area contributed by atoms with Crippen LogP contribution >= 0.6 is 11.3 Å². The normalized spacial score (nSPS) is 16.7. The molecule has 0 bridgehead atoms. The fourth-order valence-corrected chi connectivity index (χ4v) is 3.51. The van der Waals surface area contributed by atoms with Gasteiger partial charge in [-0.2, -0.15) is 0 Å². The molecule has 2 aromatic rings. The van der Waals surface area contributed by atoms with Gasteiger partial charge in [0.25, 0.3) is 0 Å². The highest BCUT2D eigenvalue weighted by atomic mass is 32.1. The van der Waals surface area contributed by atoms with Crippen LogP contribution in [0.15, 0.2) is 18.3 Å². The maximum absolute atomic E-state index is 12.9. The third-order valence-electron chi connectivity index (χ3n) is 3.47. The van der Waals surface area contributed by atoms with Gasteiger partial charge in [-0.25, -0.2) is 9.37 Å². The van der Waals surface area contributed by atoms with E-state index >= 15 is 0 Å². The van der Waals surface area contributed by atoms with Crippen molar-refractivity contribution < 1.29 is 4.39 Å². The molecule has 0 amide bonds. The van der Waals surface area contributed by atoms with Gasteiger partial charge in [0.1, 0.15) is 11.5 Å². The number of pyridine rings is 1. The summed E-state index contributed by atoms with van der Waals surface area (Å²) in [5.74, 6) is 0.245. The van der Waals surface area contributed by atoms with E-state index in [0.717, 1.165) is 42.2 Å². The van der Waals surface area contributed by atoms with E-state index in [0.29, 0.717) is 5.92 Å². The number of aromatic nitrogens is 2. The number of hydrogen-bond donors (Lipinski definition) is 1. The number of thiazole rings is 1. The minimum absolute atomic E-state index is 0.310. The first-order chi connectivity index (χ1) is 9.24. The third-order valence-corrected chi connectivity index (χ3v) is 4.60. The van der Waals surface area contributed by atoms with Crippen molar-refractivity contribution in [2.24, 2.45) is 0 Å². The zero-order valence-corrected chi connectivity index (χ0v) is 11.6. The molecular weight excluding hydrogens is 261 g/mol. The van der Waals surface area contributed by atoms with E-state index in [1.165, 1.54) is 17.3 Å². The summed E-state index contributed by atoms with van der Waals surface area (Å²) in [6.45, 7) is 4.18. The summed E-state index contributed by atoms with van der Waals surface area (Å²) in [6, 6.07) is 3.13. The minimum Gasteiger partial charge on any atom is -0.317 e. The Bertz CT molecular complexity index is 559.